The van der Waals surface area contributed by atoms with E-state index in [1.807, 2.05) is 36.4 Å². The second-order valence-corrected chi connectivity index (χ2v) is 6.62. The maximum atomic E-state index is 11.8. The minimum Gasteiger partial charge on any atom is -0.492 e. The monoisotopic (exact) mass is 373 g/mol. The maximum Gasteiger partial charge on any atom is 0.319 e. The Morgan fingerprint density at radius 2 is 1.92 bits per heavy atom. The van der Waals surface area contributed by atoms with Crippen LogP contribution in [-0.2, 0) is 12.8 Å². The Bertz CT molecular complexity index is 737. The minimum absolute atomic E-state index is 0.214. The third-order valence-electron chi connectivity index (χ3n) is 4.32. The molecule has 1 aliphatic rings. The Hall–Kier alpha value is -2.24. The number of hydrogen-bond donors (Lipinski definition) is 3. The van der Waals surface area contributed by atoms with Gasteiger partial charge in [0.25, 0.3) is 0 Å². The SMILES string of the molecule is O=C(NCCCOc1c(Cl)ccc2c1CCNCC2)Nc1ccccc1. The summed E-state index contributed by atoms with van der Waals surface area (Å²) in [7, 11) is 0. The number of carbonyl (C=O) groups is 1. The Kier molecular flexibility index (Phi) is 6.75. The molecule has 2 amide bonds. The number of anilines is 1. The van der Waals surface area contributed by atoms with Gasteiger partial charge in [0.05, 0.1) is 11.6 Å². The maximum absolute atomic E-state index is 11.8. The van der Waals surface area contributed by atoms with Gasteiger partial charge in [0, 0.05) is 17.8 Å². The molecule has 0 aliphatic carbocycles. The van der Waals surface area contributed by atoms with Gasteiger partial charge in [-0.25, -0.2) is 4.79 Å². The first-order chi connectivity index (χ1) is 12.7. The number of para-hydroxylation sites is 1. The van der Waals surface area contributed by atoms with Crippen molar-refractivity contribution in [2.45, 2.75) is 19.3 Å². The predicted molar refractivity (Wildman–Crippen MR) is 105 cm³/mol. The van der Waals surface area contributed by atoms with Gasteiger partial charge in [0.1, 0.15) is 5.75 Å². The van der Waals surface area contributed by atoms with Crippen LogP contribution in [0.3, 0.4) is 0 Å². The topological polar surface area (TPSA) is 62.4 Å². The van der Waals surface area contributed by atoms with E-state index in [9.17, 15) is 4.79 Å². The van der Waals surface area contributed by atoms with Gasteiger partial charge < -0.3 is 20.7 Å². The van der Waals surface area contributed by atoms with Gasteiger partial charge >= 0.3 is 6.03 Å². The molecule has 0 fully saturated rings. The molecule has 0 bridgehead atoms. The zero-order valence-electron chi connectivity index (χ0n) is 14.7. The van der Waals surface area contributed by atoms with E-state index in [1.54, 1.807) is 0 Å². The summed E-state index contributed by atoms with van der Waals surface area (Å²) in [4.78, 5) is 11.8. The van der Waals surface area contributed by atoms with Crippen molar-refractivity contribution < 1.29 is 9.53 Å². The number of hydrogen-bond acceptors (Lipinski definition) is 3. The van der Waals surface area contributed by atoms with E-state index in [0.29, 0.717) is 24.6 Å². The highest BCUT2D eigenvalue weighted by atomic mass is 35.5. The van der Waals surface area contributed by atoms with Gasteiger partial charge in [-0.1, -0.05) is 35.9 Å². The highest BCUT2D eigenvalue weighted by molar-refractivity contribution is 6.32. The van der Waals surface area contributed by atoms with Crippen molar-refractivity contribution in [3.63, 3.8) is 0 Å². The molecule has 0 aromatic heterocycles. The third kappa shape index (κ3) is 5.13. The summed E-state index contributed by atoms with van der Waals surface area (Å²) in [5, 5.41) is 9.67. The van der Waals surface area contributed by atoms with Crippen molar-refractivity contribution in [2.24, 2.45) is 0 Å². The van der Waals surface area contributed by atoms with Crippen LogP contribution >= 0.6 is 11.6 Å². The summed E-state index contributed by atoms with van der Waals surface area (Å²) < 4.78 is 5.96. The molecule has 0 spiro atoms. The number of benzene rings is 2. The fourth-order valence-corrected chi connectivity index (χ4v) is 3.24. The zero-order chi connectivity index (χ0) is 18.2. The average Bonchev–Trinajstić information content (AvgIpc) is 2.89. The summed E-state index contributed by atoms with van der Waals surface area (Å²) in [6.45, 7) is 2.96. The van der Waals surface area contributed by atoms with E-state index < -0.39 is 0 Å². The van der Waals surface area contributed by atoms with Crippen molar-refractivity contribution >= 4 is 23.3 Å². The molecule has 5 nitrogen and oxygen atoms in total. The van der Waals surface area contributed by atoms with Crippen LogP contribution in [0, 0.1) is 0 Å². The second kappa shape index (κ2) is 9.46. The largest absolute Gasteiger partial charge is 0.492 e. The Labute approximate surface area is 159 Å². The molecule has 0 unspecified atom stereocenters. The van der Waals surface area contributed by atoms with Crippen LogP contribution in [0.1, 0.15) is 17.5 Å². The lowest BCUT2D eigenvalue weighted by atomic mass is 10.0. The average molecular weight is 374 g/mol. The molecule has 3 rings (SSSR count). The Morgan fingerprint density at radius 3 is 2.77 bits per heavy atom. The van der Waals surface area contributed by atoms with Gasteiger partial charge in [-0.3, -0.25) is 0 Å². The van der Waals surface area contributed by atoms with E-state index in [0.717, 1.165) is 37.4 Å². The van der Waals surface area contributed by atoms with E-state index in [4.69, 9.17) is 16.3 Å². The number of ether oxygens (including phenoxy) is 1. The third-order valence-corrected chi connectivity index (χ3v) is 4.61. The number of amides is 2. The molecule has 6 heteroatoms. The smallest absolute Gasteiger partial charge is 0.319 e. The number of carbonyl (C=O) groups excluding carboxylic acids is 1. The molecule has 1 heterocycles. The van der Waals surface area contributed by atoms with Crippen LogP contribution in [0.25, 0.3) is 0 Å². The van der Waals surface area contributed by atoms with Crippen LogP contribution in [-0.4, -0.2) is 32.3 Å². The van der Waals surface area contributed by atoms with Gasteiger partial charge in [-0.05, 0) is 56.1 Å². The number of halogens is 1. The molecular formula is C20H24ClN3O2. The highest BCUT2D eigenvalue weighted by Gasteiger charge is 2.15. The highest BCUT2D eigenvalue weighted by Crippen LogP contribution is 2.33. The summed E-state index contributed by atoms with van der Waals surface area (Å²) in [6, 6.07) is 13.2. The van der Waals surface area contributed by atoms with Crippen LogP contribution in [0.2, 0.25) is 5.02 Å². The van der Waals surface area contributed by atoms with Gasteiger partial charge in [-0.2, -0.15) is 0 Å². The van der Waals surface area contributed by atoms with Crippen LogP contribution in [0.4, 0.5) is 10.5 Å². The van der Waals surface area contributed by atoms with E-state index in [2.05, 4.69) is 22.0 Å². The molecule has 2 aromatic rings. The van der Waals surface area contributed by atoms with Crippen LogP contribution in [0.15, 0.2) is 42.5 Å². The van der Waals surface area contributed by atoms with Crippen molar-refractivity contribution in [1.29, 1.82) is 0 Å². The van der Waals surface area contributed by atoms with E-state index in [-0.39, 0.29) is 6.03 Å². The van der Waals surface area contributed by atoms with Crippen LogP contribution in [0.5, 0.6) is 5.75 Å². The molecular weight excluding hydrogens is 350 g/mol. The summed E-state index contributed by atoms with van der Waals surface area (Å²) >= 11 is 6.34. The first kappa shape index (κ1) is 18.5. The molecule has 0 radical (unpaired) electrons. The minimum atomic E-state index is -0.214. The molecule has 1 aliphatic heterocycles. The molecule has 2 aromatic carbocycles. The first-order valence-electron chi connectivity index (χ1n) is 8.98. The fourth-order valence-electron chi connectivity index (χ4n) is 3.01. The molecule has 0 saturated carbocycles. The van der Waals surface area contributed by atoms with Gasteiger partial charge in [0.15, 0.2) is 0 Å². The van der Waals surface area contributed by atoms with Gasteiger partial charge in [0.2, 0.25) is 0 Å². The zero-order valence-corrected chi connectivity index (χ0v) is 15.4. The number of urea groups is 1. The van der Waals surface area contributed by atoms with Crippen molar-refractivity contribution in [3.8, 4) is 5.75 Å². The molecule has 26 heavy (non-hydrogen) atoms. The Morgan fingerprint density at radius 1 is 1.12 bits per heavy atom. The fraction of sp³-hybridized carbons (Fsp3) is 0.350. The molecule has 138 valence electrons. The van der Waals surface area contributed by atoms with Crippen molar-refractivity contribution in [1.82, 2.24) is 10.6 Å². The molecule has 0 atom stereocenters. The predicted octanol–water partition coefficient (Wildman–Crippen LogP) is 3.62. The summed E-state index contributed by atoms with van der Waals surface area (Å²) in [6.07, 6.45) is 2.62. The summed E-state index contributed by atoms with van der Waals surface area (Å²) in [5.41, 5.74) is 3.28. The number of nitrogens with one attached hydrogen (secondary N) is 3. The molecule has 3 N–H and O–H groups in total. The lowest BCUT2D eigenvalue weighted by molar-refractivity contribution is 0.250. The number of fused-ring (bicyclic) bond motifs is 1. The normalized spacial score (nSPS) is 13.4. The van der Waals surface area contributed by atoms with Crippen LogP contribution < -0.4 is 20.7 Å². The molecule has 0 saturated heterocycles. The number of rotatable bonds is 6. The summed E-state index contributed by atoms with van der Waals surface area (Å²) in [5.74, 6) is 0.793. The van der Waals surface area contributed by atoms with Gasteiger partial charge in [-0.15, -0.1) is 0 Å². The quantitative estimate of drug-likeness (QED) is 0.678. The van der Waals surface area contributed by atoms with E-state index in [1.165, 1.54) is 11.1 Å². The van der Waals surface area contributed by atoms with E-state index >= 15 is 0 Å². The second-order valence-electron chi connectivity index (χ2n) is 6.21. The first-order valence-corrected chi connectivity index (χ1v) is 9.35. The van der Waals surface area contributed by atoms with Crippen molar-refractivity contribution in [2.75, 3.05) is 31.6 Å². The standard InChI is InChI=1S/C20H24ClN3O2/c21-18-8-7-15-9-12-22-13-10-17(15)19(18)26-14-4-11-23-20(25)24-16-5-2-1-3-6-16/h1-3,5-8,22H,4,9-14H2,(H2,23,24,25). The lowest BCUT2D eigenvalue weighted by Gasteiger charge is -2.15. The Balaban J connectivity index is 1.44. The lowest BCUT2D eigenvalue weighted by Crippen LogP contribution is -2.30. The van der Waals surface area contributed by atoms with Crippen molar-refractivity contribution in [3.05, 3.63) is 58.6 Å².